The van der Waals surface area contributed by atoms with Gasteiger partial charge in [-0.1, -0.05) is 131 Å². The molecule has 0 bridgehead atoms. The first kappa shape index (κ1) is 48.0. The third kappa shape index (κ3) is 8.96. The van der Waals surface area contributed by atoms with Crippen molar-refractivity contribution >= 4 is 35.7 Å². The van der Waals surface area contributed by atoms with Gasteiger partial charge in [0.05, 0.1) is 44.5 Å². The van der Waals surface area contributed by atoms with Crippen molar-refractivity contribution in [2.45, 2.75) is 205 Å². The first-order valence-electron chi connectivity index (χ1n) is 21.5. The minimum absolute atomic E-state index is 0.154. The Bertz CT molecular complexity index is 1450. The zero-order chi connectivity index (χ0) is 42.0. The predicted molar refractivity (Wildman–Crippen MR) is 240 cm³/mol. The number of benzene rings is 2. The van der Waals surface area contributed by atoms with Crippen molar-refractivity contribution in [3.8, 4) is 17.2 Å². The van der Waals surface area contributed by atoms with Crippen LogP contribution in [-0.2, 0) is 18.0 Å². The lowest BCUT2D eigenvalue weighted by atomic mass is 9.92. The van der Waals surface area contributed by atoms with Crippen molar-refractivity contribution in [3.05, 3.63) is 29.8 Å². The van der Waals surface area contributed by atoms with E-state index in [1.807, 2.05) is 24.3 Å². The van der Waals surface area contributed by atoms with Crippen LogP contribution in [0.25, 0.3) is 10.8 Å². The van der Waals surface area contributed by atoms with Crippen molar-refractivity contribution < 1.29 is 32.6 Å². The van der Waals surface area contributed by atoms with E-state index in [9.17, 15) is 5.11 Å². The molecule has 1 aliphatic heterocycles. The minimum Gasteiger partial charge on any atom is -0.507 e. The second kappa shape index (κ2) is 19.1. The number of hydrogen-bond donors (Lipinski definition) is 1. The lowest BCUT2D eigenvalue weighted by Crippen LogP contribution is -2.62. The highest BCUT2D eigenvalue weighted by atomic mass is 28.4. The van der Waals surface area contributed by atoms with Crippen LogP contribution in [0.3, 0.4) is 0 Å². The predicted octanol–water partition coefficient (Wildman–Crippen LogP) is 13.7. The number of hydrogen-bond acceptors (Lipinski definition) is 7. The maximum absolute atomic E-state index is 12.3. The number of fused-ring (bicyclic) bond motifs is 1. The highest BCUT2D eigenvalue weighted by molar-refractivity contribution is 6.78. The fourth-order valence-corrected chi connectivity index (χ4v) is 28.2. The molecule has 2 aromatic carbocycles. The zero-order valence-corrected chi connectivity index (χ0v) is 41.6. The molecule has 55 heavy (non-hydrogen) atoms. The Labute approximate surface area is 340 Å². The van der Waals surface area contributed by atoms with Crippen LogP contribution >= 0.6 is 0 Å². The van der Waals surface area contributed by atoms with Crippen LogP contribution in [0.2, 0.25) is 49.9 Å². The topological polar surface area (TPSA) is 75.6 Å². The van der Waals surface area contributed by atoms with Crippen LogP contribution in [0, 0.1) is 0 Å². The summed E-state index contributed by atoms with van der Waals surface area (Å²) >= 11 is 0. The van der Waals surface area contributed by atoms with E-state index >= 15 is 0 Å². The van der Waals surface area contributed by atoms with Crippen molar-refractivity contribution in [1.29, 1.82) is 0 Å². The quantitative estimate of drug-likeness (QED) is 0.141. The van der Waals surface area contributed by atoms with Gasteiger partial charge in [-0.05, 0) is 68.1 Å². The average Bonchev–Trinajstić information content (AvgIpc) is 3.08. The van der Waals surface area contributed by atoms with E-state index in [1.165, 1.54) is 0 Å². The molecule has 1 fully saturated rings. The summed E-state index contributed by atoms with van der Waals surface area (Å²) in [4.78, 5) is 0. The van der Waals surface area contributed by atoms with E-state index in [2.05, 4.69) is 125 Å². The largest absolute Gasteiger partial charge is 0.507 e. The molecule has 1 heterocycles. The Balaban J connectivity index is 2.41. The normalized spacial score (nSPS) is 20.6. The molecule has 316 valence electrons. The number of ether oxygens (including phenoxy) is 3. The third-order valence-corrected chi connectivity index (χ3v) is 32.0. The van der Waals surface area contributed by atoms with Gasteiger partial charge in [-0.15, -0.1) is 0 Å². The highest BCUT2D eigenvalue weighted by Gasteiger charge is 2.56. The molecular weight excluding hydrogens is 737 g/mol. The Morgan fingerprint density at radius 1 is 0.582 bits per heavy atom. The maximum Gasteiger partial charge on any atom is 0.201 e. The van der Waals surface area contributed by atoms with Gasteiger partial charge in [0, 0.05) is 17.4 Å². The summed E-state index contributed by atoms with van der Waals surface area (Å²) in [5, 5.41) is 13.7. The van der Waals surface area contributed by atoms with Gasteiger partial charge < -0.3 is 32.6 Å². The smallest absolute Gasteiger partial charge is 0.201 e. The molecular formula is C45H82O7Si3. The monoisotopic (exact) mass is 819 g/mol. The highest BCUT2D eigenvalue weighted by Crippen LogP contribution is 2.52. The summed E-state index contributed by atoms with van der Waals surface area (Å²) in [5.41, 5.74) is 4.31. The maximum atomic E-state index is 12.3. The molecule has 2 aromatic rings. The van der Waals surface area contributed by atoms with E-state index in [-0.39, 0.29) is 18.0 Å². The summed E-state index contributed by atoms with van der Waals surface area (Å²) in [5.74, 6) is 1.43. The first-order valence-corrected chi connectivity index (χ1v) is 28.0. The second-order valence-electron chi connectivity index (χ2n) is 19.3. The molecule has 0 radical (unpaired) electrons. The van der Waals surface area contributed by atoms with Gasteiger partial charge in [-0.3, -0.25) is 0 Å². The molecule has 7 nitrogen and oxygen atoms in total. The molecule has 1 saturated heterocycles. The Kier molecular flexibility index (Phi) is 16.7. The Morgan fingerprint density at radius 2 is 1.00 bits per heavy atom. The zero-order valence-electron chi connectivity index (χ0n) is 38.6. The number of rotatable bonds is 19. The molecule has 0 aliphatic carbocycles. The summed E-state index contributed by atoms with van der Waals surface area (Å²) in [7, 11) is -3.86. The van der Waals surface area contributed by atoms with Crippen LogP contribution in [0.15, 0.2) is 24.3 Å². The van der Waals surface area contributed by atoms with E-state index < -0.39 is 37.2 Å². The summed E-state index contributed by atoms with van der Waals surface area (Å²) in [6, 6.07) is 7.77. The van der Waals surface area contributed by atoms with Crippen molar-refractivity contribution in [1.82, 2.24) is 0 Å². The molecule has 1 aliphatic rings. The van der Waals surface area contributed by atoms with E-state index in [0.717, 1.165) is 10.9 Å². The lowest BCUT2D eigenvalue weighted by Gasteiger charge is -2.54. The van der Waals surface area contributed by atoms with Gasteiger partial charge >= 0.3 is 0 Å². The number of methoxy groups -OCH3 is 2. The number of phenolic OH excluding ortho intramolecular Hbond substituents is 1. The number of aromatic hydroxyl groups is 1. The van der Waals surface area contributed by atoms with Crippen molar-refractivity contribution in [2.24, 2.45) is 0 Å². The van der Waals surface area contributed by atoms with Crippen LogP contribution < -0.4 is 9.47 Å². The molecule has 1 N–H and O–H groups in total. The summed E-state index contributed by atoms with van der Waals surface area (Å²) in [6.07, 6.45) is -0.889. The van der Waals surface area contributed by atoms with Crippen LogP contribution in [0.5, 0.6) is 17.2 Å². The molecule has 0 saturated carbocycles. The average molecular weight is 819 g/mol. The standard InChI is InChI=1S/C45H82O7Si3/c1-27(2)53(28(3)4,29(5)6)49-26-42-45(52-55(33(13)14,34(15)16)35(17)18)41(51-54(30(7)8,31(9)10)32(11)12)25-40(50-42)37-22-21-36-38(47-19)23-24-39(48-20)43(36)44(37)46/h21-24,27-35,40-42,45-46H,25-26H2,1-20H3/t40-,41+,42-,45+/m1/s1. The molecule has 0 unspecified atom stereocenters. The van der Waals surface area contributed by atoms with Gasteiger partial charge in [-0.25, -0.2) is 0 Å². The summed E-state index contributed by atoms with van der Waals surface area (Å²) in [6.45, 7) is 42.8. The molecule has 4 atom stereocenters. The van der Waals surface area contributed by atoms with Gasteiger partial charge in [-0.2, -0.15) is 0 Å². The third-order valence-electron chi connectivity index (χ3n) is 13.7. The SMILES string of the molecule is COc1ccc(OC)c2c(O)c([C@H]3C[C@H](O[Si](C(C)C)(C(C)C)C(C)C)[C@H](O[Si](C(C)C)(C(C)C)C(C)C)[C@@H](CO[Si](C(C)C)(C(C)C)C(C)C)O3)ccc12. The van der Waals surface area contributed by atoms with Gasteiger partial charge in [0.15, 0.2) is 8.32 Å². The molecule has 0 amide bonds. The Hall–Kier alpha value is -1.41. The summed E-state index contributed by atoms with van der Waals surface area (Å²) < 4.78 is 42.2. The lowest BCUT2D eigenvalue weighted by molar-refractivity contribution is -0.173. The van der Waals surface area contributed by atoms with Gasteiger partial charge in [0.25, 0.3) is 0 Å². The van der Waals surface area contributed by atoms with E-state index in [1.54, 1.807) is 14.2 Å². The fourth-order valence-electron chi connectivity index (χ4n) is 11.6. The minimum atomic E-state index is -2.44. The van der Waals surface area contributed by atoms with Crippen LogP contribution in [0.4, 0.5) is 0 Å². The van der Waals surface area contributed by atoms with E-state index in [0.29, 0.717) is 79.8 Å². The van der Waals surface area contributed by atoms with Crippen molar-refractivity contribution in [3.63, 3.8) is 0 Å². The molecule has 0 aromatic heterocycles. The first-order chi connectivity index (χ1) is 25.5. The van der Waals surface area contributed by atoms with Gasteiger partial charge in [0.2, 0.25) is 16.6 Å². The van der Waals surface area contributed by atoms with Crippen LogP contribution in [0.1, 0.15) is 143 Å². The molecule has 10 heteroatoms. The fraction of sp³-hybridized carbons (Fsp3) is 0.778. The Morgan fingerprint density at radius 3 is 1.42 bits per heavy atom. The van der Waals surface area contributed by atoms with Gasteiger partial charge in [0.1, 0.15) is 23.4 Å². The molecule has 3 rings (SSSR count). The van der Waals surface area contributed by atoms with Crippen molar-refractivity contribution in [2.75, 3.05) is 20.8 Å². The molecule has 0 spiro atoms. The van der Waals surface area contributed by atoms with Crippen LogP contribution in [-0.4, -0.2) is 69.2 Å². The second-order valence-corrected chi connectivity index (χ2v) is 35.6. The van der Waals surface area contributed by atoms with E-state index in [4.69, 9.17) is 27.5 Å². The number of phenols is 1.